The van der Waals surface area contributed by atoms with Crippen molar-refractivity contribution in [3.8, 4) is 17.2 Å². The van der Waals surface area contributed by atoms with Crippen LogP contribution in [0.3, 0.4) is 0 Å². The first-order chi connectivity index (χ1) is 24.0. The molecule has 4 rings (SSSR count). The highest BCUT2D eigenvalue weighted by Crippen LogP contribution is 2.38. The summed E-state index contributed by atoms with van der Waals surface area (Å²) in [6.07, 6.45) is 0.405. The highest BCUT2D eigenvalue weighted by atomic mass is 35.5. The van der Waals surface area contributed by atoms with Crippen LogP contribution in [-0.4, -0.2) is 78.5 Å². The van der Waals surface area contributed by atoms with E-state index in [4.69, 9.17) is 30.5 Å². The van der Waals surface area contributed by atoms with Gasteiger partial charge in [-0.2, -0.15) is 4.39 Å². The average molecular weight is 768 g/mol. The molecule has 0 atom stereocenters. The minimum atomic E-state index is -4.71. The van der Waals surface area contributed by atoms with Crippen molar-refractivity contribution in [2.24, 2.45) is 0 Å². The van der Waals surface area contributed by atoms with E-state index in [1.165, 1.54) is 26.2 Å². The zero-order chi connectivity index (χ0) is 37.7. The highest BCUT2D eigenvalue weighted by Gasteiger charge is 2.32. The van der Waals surface area contributed by atoms with Crippen LogP contribution in [0.1, 0.15) is 26.3 Å². The Morgan fingerprint density at radius 2 is 1.61 bits per heavy atom. The molecule has 0 aliphatic rings. The van der Waals surface area contributed by atoms with E-state index in [0.29, 0.717) is 58.6 Å². The van der Waals surface area contributed by atoms with Gasteiger partial charge >= 0.3 is 6.09 Å². The number of ether oxygens (including phenoxy) is 4. The number of nitrogens with zero attached hydrogens (tertiary/aromatic N) is 4. The number of anilines is 4. The second kappa shape index (κ2) is 16.2. The van der Waals surface area contributed by atoms with Crippen LogP contribution in [0.15, 0.2) is 59.6 Å². The van der Waals surface area contributed by atoms with Gasteiger partial charge in [0.15, 0.2) is 5.13 Å². The number of hydrogen-bond acceptors (Lipinski definition) is 11. The van der Waals surface area contributed by atoms with Gasteiger partial charge in [-0.3, -0.25) is 0 Å². The third-order valence-corrected chi connectivity index (χ3v) is 10.4. The first-order valence-electron chi connectivity index (χ1n) is 15.4. The fourth-order valence-electron chi connectivity index (χ4n) is 4.75. The number of halogens is 3. The van der Waals surface area contributed by atoms with E-state index in [2.05, 4.69) is 10.3 Å². The minimum absolute atomic E-state index is 0.0717. The fraction of sp³-hybridized carbons (Fsp3) is 0.353. The summed E-state index contributed by atoms with van der Waals surface area (Å²) in [5.74, 6) is 0.175. The lowest BCUT2D eigenvalue weighted by Gasteiger charge is -2.28. The Morgan fingerprint density at radius 1 is 0.941 bits per heavy atom. The molecule has 0 fully saturated rings. The summed E-state index contributed by atoms with van der Waals surface area (Å²) in [5, 5.41) is 2.01. The predicted molar refractivity (Wildman–Crippen MR) is 195 cm³/mol. The number of carbonyl (C=O) groups is 1. The Labute approximate surface area is 305 Å². The number of nitrogens with one attached hydrogen (secondary N) is 1. The van der Waals surface area contributed by atoms with Gasteiger partial charge in [0.25, 0.3) is 10.0 Å². The smallest absolute Gasteiger partial charge is 0.410 e. The van der Waals surface area contributed by atoms with Crippen molar-refractivity contribution in [1.29, 1.82) is 0 Å². The summed E-state index contributed by atoms with van der Waals surface area (Å²) in [6.45, 7) is 5.67. The molecule has 1 amide bonds. The van der Waals surface area contributed by atoms with Crippen LogP contribution in [-0.2, 0) is 21.3 Å². The molecular formula is C34H40ClF2N5O7S2. The Balaban J connectivity index is 1.65. The molecule has 0 unspecified atom stereocenters. The maximum atomic E-state index is 16.0. The van der Waals surface area contributed by atoms with E-state index < -0.39 is 37.6 Å². The van der Waals surface area contributed by atoms with Gasteiger partial charge < -0.3 is 34.1 Å². The molecule has 0 aliphatic carbocycles. The summed E-state index contributed by atoms with van der Waals surface area (Å²) < 4.78 is 80.6. The lowest BCUT2D eigenvalue weighted by atomic mass is 10.2. The maximum absolute atomic E-state index is 16.0. The molecule has 1 aromatic heterocycles. The van der Waals surface area contributed by atoms with Gasteiger partial charge in [-0.05, 0) is 51.1 Å². The lowest BCUT2D eigenvalue weighted by molar-refractivity contribution is 0.0303. The van der Waals surface area contributed by atoms with Gasteiger partial charge in [-0.1, -0.05) is 22.9 Å². The fourth-order valence-corrected chi connectivity index (χ4v) is 7.36. The van der Waals surface area contributed by atoms with Crippen LogP contribution in [0.2, 0.25) is 5.02 Å². The Bertz CT molecular complexity index is 1970. The molecule has 0 bridgehead atoms. The van der Waals surface area contributed by atoms with Crippen LogP contribution >= 0.6 is 22.9 Å². The third kappa shape index (κ3) is 9.62. The van der Waals surface area contributed by atoms with Gasteiger partial charge in [-0.15, -0.1) is 0 Å². The van der Waals surface area contributed by atoms with E-state index in [9.17, 15) is 17.6 Å². The molecular weight excluding hydrogens is 728 g/mol. The molecule has 51 heavy (non-hydrogen) atoms. The molecule has 0 radical (unpaired) electrons. The molecule has 1 N–H and O–H groups in total. The Morgan fingerprint density at radius 3 is 2.22 bits per heavy atom. The van der Waals surface area contributed by atoms with Crippen LogP contribution in [0.25, 0.3) is 0 Å². The van der Waals surface area contributed by atoms with Crippen molar-refractivity contribution in [1.82, 2.24) is 9.88 Å². The topological polar surface area (TPSA) is 123 Å². The van der Waals surface area contributed by atoms with Crippen molar-refractivity contribution < 1.29 is 40.9 Å². The van der Waals surface area contributed by atoms with E-state index in [1.54, 1.807) is 71.3 Å². The lowest BCUT2D eigenvalue weighted by Crippen LogP contribution is -2.38. The highest BCUT2D eigenvalue weighted by molar-refractivity contribution is 7.93. The normalized spacial score (nSPS) is 11.5. The van der Waals surface area contributed by atoms with E-state index in [0.717, 1.165) is 22.6 Å². The first kappa shape index (κ1) is 39.2. The summed E-state index contributed by atoms with van der Waals surface area (Å²) in [6, 6.07) is 11.8. The van der Waals surface area contributed by atoms with Gasteiger partial charge in [-0.25, -0.2) is 26.9 Å². The number of rotatable bonds is 14. The number of likely N-dealkylation sites (N-methyl/N-ethyl adjacent to an activating group) is 2. The number of carbonyl (C=O) groups excluding carboxylic acids is 1. The third-order valence-electron chi connectivity index (χ3n) is 7.44. The quantitative estimate of drug-likeness (QED) is 0.138. The van der Waals surface area contributed by atoms with Crippen molar-refractivity contribution in [3.63, 3.8) is 0 Å². The maximum Gasteiger partial charge on any atom is 0.410 e. The van der Waals surface area contributed by atoms with E-state index in [-0.39, 0.29) is 22.4 Å². The van der Waals surface area contributed by atoms with Crippen molar-refractivity contribution in [2.45, 2.75) is 37.8 Å². The molecule has 0 saturated heterocycles. The van der Waals surface area contributed by atoms with Crippen molar-refractivity contribution in [2.75, 3.05) is 63.0 Å². The van der Waals surface area contributed by atoms with Crippen LogP contribution in [0.5, 0.6) is 17.2 Å². The molecule has 4 aromatic rings. The summed E-state index contributed by atoms with van der Waals surface area (Å²) in [5.41, 5.74) is 0.913. The van der Waals surface area contributed by atoms with E-state index >= 15 is 4.39 Å². The number of amides is 1. The zero-order valence-electron chi connectivity index (χ0n) is 29.4. The second-order valence-electron chi connectivity index (χ2n) is 12.2. The molecule has 0 aliphatic heterocycles. The summed E-state index contributed by atoms with van der Waals surface area (Å²) in [4.78, 5) is 19.0. The number of methoxy groups -OCH3 is 3. The monoisotopic (exact) mass is 767 g/mol. The molecule has 0 spiro atoms. The van der Waals surface area contributed by atoms with Gasteiger partial charge in [0.1, 0.15) is 33.6 Å². The average Bonchev–Trinajstić information content (AvgIpc) is 3.51. The molecule has 276 valence electrons. The standard InChI is InChI=1S/C34H40ClF2N5O7S2/c1-34(2,3)49-33(43)41(5)14-13-40(4)28-15-22(46-6)11-12-26(28)39-27-18-25(36)30(17-24(27)35)51(44,45)42(32-38-19-31(37)50-32)20-21-9-10-23(47-7)16-29(21)48-8/h9-12,15-19,39H,13-14,20H2,1-8H3. The summed E-state index contributed by atoms with van der Waals surface area (Å²) >= 11 is 7.10. The number of thiazole rings is 1. The number of aromatic nitrogens is 1. The van der Waals surface area contributed by atoms with Crippen LogP contribution in [0.4, 0.5) is 35.8 Å². The molecule has 0 saturated carbocycles. The van der Waals surface area contributed by atoms with Gasteiger partial charge in [0, 0.05) is 50.9 Å². The zero-order valence-corrected chi connectivity index (χ0v) is 31.8. The number of sulfonamides is 1. The van der Waals surface area contributed by atoms with Gasteiger partial charge in [0.05, 0.1) is 56.2 Å². The van der Waals surface area contributed by atoms with Crippen molar-refractivity contribution >= 4 is 61.2 Å². The molecule has 1 heterocycles. The van der Waals surface area contributed by atoms with Crippen LogP contribution < -0.4 is 28.7 Å². The van der Waals surface area contributed by atoms with Crippen LogP contribution in [0, 0.1) is 10.9 Å². The predicted octanol–water partition coefficient (Wildman–Crippen LogP) is 7.54. The largest absolute Gasteiger partial charge is 0.497 e. The Kier molecular flexibility index (Phi) is 12.5. The second-order valence-corrected chi connectivity index (χ2v) is 15.4. The Hall–Kier alpha value is -4.54. The molecule has 12 nitrogen and oxygen atoms in total. The first-order valence-corrected chi connectivity index (χ1v) is 18.0. The minimum Gasteiger partial charge on any atom is -0.497 e. The van der Waals surface area contributed by atoms with Crippen molar-refractivity contribution in [3.05, 3.63) is 76.3 Å². The SMILES string of the molecule is COc1ccc(CN(c2ncc(F)s2)S(=O)(=O)c2cc(Cl)c(Nc3ccc(OC)cc3N(C)CCN(C)C(=O)OC(C)(C)C)cc2F)c(OC)c1. The number of hydrogen-bond donors (Lipinski definition) is 1. The molecule has 17 heteroatoms. The van der Waals surface area contributed by atoms with Gasteiger partial charge in [0.2, 0.25) is 5.13 Å². The van der Waals surface area contributed by atoms with E-state index in [1.807, 2.05) is 4.90 Å². The molecule has 3 aromatic carbocycles. The summed E-state index contributed by atoms with van der Waals surface area (Å²) in [7, 11) is 3.10. The number of benzene rings is 3.